The average molecular weight is 286 g/mol. The number of carbonyl (C=O) groups excluding carboxylic acids is 1. The van der Waals surface area contributed by atoms with Crippen LogP contribution in [0.4, 0.5) is 0 Å². The maximum absolute atomic E-state index is 12.8. The first-order valence-corrected chi connectivity index (χ1v) is 6.96. The normalized spacial score (nSPS) is 18.8. The summed E-state index contributed by atoms with van der Waals surface area (Å²) in [7, 11) is 1.79. The molecule has 1 saturated heterocycles. The van der Waals surface area contributed by atoms with Crippen LogP contribution in [-0.2, 0) is 7.05 Å². The third kappa shape index (κ3) is 2.52. The Morgan fingerprint density at radius 1 is 1.48 bits per heavy atom. The number of pyridine rings is 1. The summed E-state index contributed by atoms with van der Waals surface area (Å²) in [6, 6.07) is 3.86. The minimum Gasteiger partial charge on any atom is -0.328 e. The van der Waals surface area contributed by atoms with E-state index in [9.17, 15) is 4.79 Å². The van der Waals surface area contributed by atoms with E-state index in [4.69, 9.17) is 0 Å². The van der Waals surface area contributed by atoms with E-state index < -0.39 is 0 Å². The second kappa shape index (κ2) is 5.61. The molecule has 21 heavy (non-hydrogen) atoms. The van der Waals surface area contributed by atoms with Gasteiger partial charge in [-0.3, -0.25) is 14.5 Å². The summed E-state index contributed by atoms with van der Waals surface area (Å²) >= 11 is 0. The third-order valence-corrected chi connectivity index (χ3v) is 3.88. The minimum absolute atomic E-state index is 0.0265. The van der Waals surface area contributed by atoms with Crippen LogP contribution in [0.3, 0.4) is 0 Å². The lowest BCUT2D eigenvalue weighted by Crippen LogP contribution is -2.49. The van der Waals surface area contributed by atoms with E-state index in [1.54, 1.807) is 17.9 Å². The number of nitrogens with one attached hydrogen (secondary N) is 1. The minimum atomic E-state index is -0.0732. The van der Waals surface area contributed by atoms with Gasteiger partial charge >= 0.3 is 0 Å². The lowest BCUT2D eigenvalue weighted by atomic mass is 10.0. The first-order valence-electron chi connectivity index (χ1n) is 6.96. The van der Waals surface area contributed by atoms with Crippen LogP contribution in [0.15, 0.2) is 24.5 Å². The predicted octanol–water partition coefficient (Wildman–Crippen LogP) is 0.305. The monoisotopic (exact) mass is 286 g/mol. The number of carbonyl (C=O) groups is 1. The quantitative estimate of drug-likeness (QED) is 0.859. The Hall–Kier alpha value is -2.28. The molecular weight excluding hydrogens is 268 g/mol. The smallest absolute Gasteiger partial charge is 0.276 e. The predicted molar refractivity (Wildman–Crippen MR) is 76.6 cm³/mol. The molecule has 1 unspecified atom stereocenters. The number of hydrogen-bond donors (Lipinski definition) is 1. The Bertz CT molecular complexity index is 638. The molecule has 1 fully saturated rings. The number of hydrogen-bond acceptors (Lipinski definition) is 5. The van der Waals surface area contributed by atoms with Crippen molar-refractivity contribution in [3.63, 3.8) is 0 Å². The fraction of sp³-hybridized carbons (Fsp3) is 0.429. The number of nitrogens with zero attached hydrogens (tertiary/aromatic N) is 5. The van der Waals surface area contributed by atoms with Crippen LogP contribution < -0.4 is 5.32 Å². The molecule has 0 saturated carbocycles. The van der Waals surface area contributed by atoms with Crippen molar-refractivity contribution in [1.82, 2.24) is 30.2 Å². The molecule has 1 aliphatic rings. The molecule has 0 aromatic carbocycles. The number of aryl methyl sites for hydroxylation is 1. The lowest BCUT2D eigenvalue weighted by molar-refractivity contribution is 0.0627. The zero-order chi connectivity index (χ0) is 14.8. The molecule has 1 atom stereocenters. The summed E-state index contributed by atoms with van der Waals surface area (Å²) in [6.07, 6.45) is 3.54. The van der Waals surface area contributed by atoms with Gasteiger partial charge in [0.15, 0.2) is 5.69 Å². The summed E-state index contributed by atoms with van der Waals surface area (Å²) in [4.78, 5) is 18.8. The largest absolute Gasteiger partial charge is 0.328 e. The lowest BCUT2D eigenvalue weighted by Gasteiger charge is -2.36. The first kappa shape index (κ1) is 13.7. The molecule has 1 amide bonds. The zero-order valence-electron chi connectivity index (χ0n) is 12.2. The van der Waals surface area contributed by atoms with Crippen LogP contribution >= 0.6 is 0 Å². The van der Waals surface area contributed by atoms with Crippen LogP contribution in [0.2, 0.25) is 0 Å². The topological polar surface area (TPSA) is 75.9 Å². The van der Waals surface area contributed by atoms with E-state index in [1.165, 1.54) is 0 Å². The van der Waals surface area contributed by atoms with Crippen molar-refractivity contribution in [1.29, 1.82) is 0 Å². The van der Waals surface area contributed by atoms with Crippen molar-refractivity contribution >= 4 is 5.91 Å². The molecule has 3 heterocycles. The zero-order valence-corrected chi connectivity index (χ0v) is 12.2. The van der Waals surface area contributed by atoms with Crippen molar-refractivity contribution in [2.45, 2.75) is 13.0 Å². The molecule has 1 N–H and O–H groups in total. The molecule has 7 heteroatoms. The number of amides is 1. The molecule has 0 aliphatic carbocycles. The highest BCUT2D eigenvalue weighted by molar-refractivity contribution is 5.93. The van der Waals surface area contributed by atoms with Crippen LogP contribution in [0.25, 0.3) is 0 Å². The summed E-state index contributed by atoms with van der Waals surface area (Å²) in [5.41, 5.74) is 2.23. The number of rotatable bonds is 2. The number of piperazine rings is 1. The Balaban J connectivity index is 1.91. The highest BCUT2D eigenvalue weighted by Gasteiger charge is 2.31. The summed E-state index contributed by atoms with van der Waals surface area (Å²) in [5, 5.41) is 11.3. The summed E-state index contributed by atoms with van der Waals surface area (Å²) < 4.78 is 1.62. The molecule has 7 nitrogen and oxygen atoms in total. The van der Waals surface area contributed by atoms with Crippen molar-refractivity contribution < 1.29 is 4.79 Å². The van der Waals surface area contributed by atoms with Gasteiger partial charge < -0.3 is 10.2 Å². The van der Waals surface area contributed by atoms with Crippen molar-refractivity contribution in [3.8, 4) is 0 Å². The van der Waals surface area contributed by atoms with Crippen molar-refractivity contribution in [3.05, 3.63) is 41.5 Å². The summed E-state index contributed by atoms with van der Waals surface area (Å²) in [5.74, 6) is -0.0732. The summed E-state index contributed by atoms with van der Waals surface area (Å²) in [6.45, 7) is 4.00. The molecule has 0 radical (unpaired) electrons. The Morgan fingerprint density at radius 3 is 3.00 bits per heavy atom. The van der Waals surface area contributed by atoms with E-state index in [-0.39, 0.29) is 11.9 Å². The highest BCUT2D eigenvalue weighted by atomic mass is 16.2. The van der Waals surface area contributed by atoms with Crippen LogP contribution in [-0.4, -0.2) is 50.4 Å². The van der Waals surface area contributed by atoms with Gasteiger partial charge in [0.05, 0.1) is 11.7 Å². The van der Waals surface area contributed by atoms with Crippen LogP contribution in [0, 0.1) is 6.92 Å². The van der Waals surface area contributed by atoms with E-state index in [0.717, 1.165) is 24.3 Å². The van der Waals surface area contributed by atoms with E-state index in [0.29, 0.717) is 12.2 Å². The Morgan fingerprint density at radius 2 is 2.33 bits per heavy atom. The second-order valence-electron chi connectivity index (χ2n) is 5.15. The van der Waals surface area contributed by atoms with Gasteiger partial charge in [0, 0.05) is 39.1 Å². The van der Waals surface area contributed by atoms with Crippen molar-refractivity contribution in [2.75, 3.05) is 19.6 Å². The van der Waals surface area contributed by atoms with Gasteiger partial charge in [0.2, 0.25) is 0 Å². The van der Waals surface area contributed by atoms with Gasteiger partial charge in [-0.2, -0.15) is 0 Å². The molecule has 110 valence electrons. The van der Waals surface area contributed by atoms with E-state index in [1.807, 2.05) is 30.2 Å². The first-order chi connectivity index (χ1) is 10.2. The van der Waals surface area contributed by atoms with Crippen molar-refractivity contribution in [2.24, 2.45) is 7.05 Å². The standard InChI is InChI=1S/C14H18N6O/c1-10-13(17-18-19(10)2)14(21)20-7-6-16-9-12(20)11-4-3-5-15-8-11/h3-5,8,12,16H,6-7,9H2,1-2H3. The van der Waals surface area contributed by atoms with E-state index >= 15 is 0 Å². The molecule has 0 spiro atoms. The molecule has 3 rings (SSSR count). The Labute approximate surface area is 123 Å². The average Bonchev–Trinajstić information content (AvgIpc) is 2.87. The second-order valence-corrected chi connectivity index (χ2v) is 5.15. The fourth-order valence-electron chi connectivity index (χ4n) is 2.56. The fourth-order valence-corrected chi connectivity index (χ4v) is 2.56. The molecular formula is C14H18N6O. The van der Waals surface area contributed by atoms with Gasteiger partial charge in [-0.15, -0.1) is 5.10 Å². The van der Waals surface area contributed by atoms with E-state index in [2.05, 4.69) is 20.6 Å². The highest BCUT2D eigenvalue weighted by Crippen LogP contribution is 2.23. The maximum Gasteiger partial charge on any atom is 0.276 e. The van der Waals surface area contributed by atoms with Gasteiger partial charge in [-0.1, -0.05) is 11.3 Å². The third-order valence-electron chi connectivity index (χ3n) is 3.88. The van der Waals surface area contributed by atoms with Crippen LogP contribution in [0.5, 0.6) is 0 Å². The molecule has 2 aromatic heterocycles. The van der Waals surface area contributed by atoms with Gasteiger partial charge in [-0.05, 0) is 18.6 Å². The van der Waals surface area contributed by atoms with Gasteiger partial charge in [0.25, 0.3) is 5.91 Å². The van der Waals surface area contributed by atoms with Gasteiger partial charge in [0.1, 0.15) is 0 Å². The number of aromatic nitrogens is 4. The van der Waals surface area contributed by atoms with Crippen LogP contribution in [0.1, 0.15) is 27.8 Å². The molecule has 1 aliphatic heterocycles. The SMILES string of the molecule is Cc1c(C(=O)N2CCNCC2c2cccnc2)nnn1C. The molecule has 2 aromatic rings. The van der Waals surface area contributed by atoms with Gasteiger partial charge in [-0.25, -0.2) is 0 Å². The maximum atomic E-state index is 12.8. The molecule has 0 bridgehead atoms. The Kier molecular flexibility index (Phi) is 3.66.